The van der Waals surface area contributed by atoms with E-state index < -0.39 is 0 Å². The maximum absolute atomic E-state index is 6.93. The van der Waals surface area contributed by atoms with E-state index >= 15 is 0 Å². The molecule has 2 aromatic carbocycles. The molecule has 0 aromatic heterocycles. The van der Waals surface area contributed by atoms with Gasteiger partial charge >= 0.3 is 0 Å². The number of benzene rings is 2. The van der Waals surface area contributed by atoms with Crippen LogP contribution in [0.3, 0.4) is 0 Å². The van der Waals surface area contributed by atoms with E-state index in [0.717, 1.165) is 36.4 Å². The van der Waals surface area contributed by atoms with Crippen molar-refractivity contribution in [3.05, 3.63) is 59.7 Å². The van der Waals surface area contributed by atoms with Crippen LogP contribution in [0, 0.1) is 5.92 Å². The summed E-state index contributed by atoms with van der Waals surface area (Å²) in [7, 11) is 0. The first-order valence-corrected chi connectivity index (χ1v) is 10.6. The second-order valence-corrected chi connectivity index (χ2v) is 8.39. The number of nitrogens with two attached hydrogens (primary N) is 1. The van der Waals surface area contributed by atoms with Gasteiger partial charge in [0.15, 0.2) is 0 Å². The molecule has 4 heteroatoms. The number of nitrogens with one attached hydrogen (secondary N) is 2. The molecule has 1 heterocycles. The third kappa shape index (κ3) is 5.06. The van der Waals surface area contributed by atoms with Crippen LogP contribution < -0.4 is 21.1 Å². The fourth-order valence-corrected chi connectivity index (χ4v) is 4.15. The molecular formula is C24H35N3O. The van der Waals surface area contributed by atoms with Gasteiger partial charge in [-0.2, -0.15) is 0 Å². The summed E-state index contributed by atoms with van der Waals surface area (Å²) >= 11 is 0. The van der Waals surface area contributed by atoms with Crippen LogP contribution in [0.5, 0.6) is 5.75 Å². The Hall–Kier alpha value is -2.04. The van der Waals surface area contributed by atoms with Crippen LogP contribution in [0.1, 0.15) is 63.7 Å². The second-order valence-electron chi connectivity index (χ2n) is 8.39. The molecule has 3 rings (SSSR count). The normalized spacial score (nSPS) is 21.0. The Morgan fingerprint density at radius 2 is 1.82 bits per heavy atom. The van der Waals surface area contributed by atoms with Gasteiger partial charge in [0.25, 0.3) is 0 Å². The lowest BCUT2D eigenvalue weighted by Gasteiger charge is -2.37. The molecule has 1 aliphatic rings. The van der Waals surface area contributed by atoms with Crippen molar-refractivity contribution >= 4 is 5.69 Å². The Kier molecular flexibility index (Phi) is 6.97. The molecule has 0 spiro atoms. The van der Waals surface area contributed by atoms with Crippen molar-refractivity contribution in [2.24, 2.45) is 11.7 Å². The summed E-state index contributed by atoms with van der Waals surface area (Å²) in [6, 6.07) is 17.5. The van der Waals surface area contributed by atoms with Gasteiger partial charge in [-0.15, -0.1) is 0 Å². The van der Waals surface area contributed by atoms with Crippen molar-refractivity contribution < 1.29 is 4.74 Å². The van der Waals surface area contributed by atoms with Gasteiger partial charge in [-0.25, -0.2) is 0 Å². The van der Waals surface area contributed by atoms with Crippen LogP contribution in [0.4, 0.5) is 5.69 Å². The largest absolute Gasteiger partial charge is 0.491 e. The summed E-state index contributed by atoms with van der Waals surface area (Å²) < 4.78 is 6.13. The van der Waals surface area contributed by atoms with E-state index in [1.54, 1.807) is 0 Å². The minimum absolute atomic E-state index is 0.0966. The van der Waals surface area contributed by atoms with Crippen molar-refractivity contribution in [1.29, 1.82) is 0 Å². The topological polar surface area (TPSA) is 59.3 Å². The fraction of sp³-hybridized carbons (Fsp3) is 0.500. The minimum Gasteiger partial charge on any atom is -0.491 e. The Labute approximate surface area is 169 Å². The summed E-state index contributed by atoms with van der Waals surface area (Å²) in [5.41, 5.74) is 10.4. The van der Waals surface area contributed by atoms with Gasteiger partial charge in [0.2, 0.25) is 0 Å². The molecule has 0 amide bonds. The quantitative estimate of drug-likeness (QED) is 0.629. The van der Waals surface area contributed by atoms with Gasteiger partial charge in [0.1, 0.15) is 5.75 Å². The number of rotatable bonds is 7. The lowest BCUT2D eigenvalue weighted by Crippen LogP contribution is -2.39. The lowest BCUT2D eigenvalue weighted by atomic mass is 9.79. The predicted molar refractivity (Wildman–Crippen MR) is 118 cm³/mol. The molecule has 0 saturated carbocycles. The molecule has 3 atom stereocenters. The van der Waals surface area contributed by atoms with Crippen LogP contribution in [0.15, 0.2) is 48.5 Å². The minimum atomic E-state index is -0.0966. The Balaban J connectivity index is 1.94. The molecule has 1 saturated heterocycles. The zero-order valence-corrected chi connectivity index (χ0v) is 17.6. The summed E-state index contributed by atoms with van der Waals surface area (Å²) in [5.74, 6) is 1.22. The third-order valence-corrected chi connectivity index (χ3v) is 5.31. The maximum atomic E-state index is 6.93. The Morgan fingerprint density at radius 3 is 2.50 bits per heavy atom. The van der Waals surface area contributed by atoms with Crippen molar-refractivity contribution in [2.45, 2.75) is 64.8 Å². The monoisotopic (exact) mass is 381 g/mol. The lowest BCUT2D eigenvalue weighted by molar-refractivity contribution is 0.220. The van der Waals surface area contributed by atoms with E-state index in [0.29, 0.717) is 12.0 Å². The van der Waals surface area contributed by atoms with E-state index in [4.69, 9.17) is 10.5 Å². The zero-order chi connectivity index (χ0) is 20.1. The van der Waals surface area contributed by atoms with Gasteiger partial charge in [-0.3, -0.25) is 0 Å². The fourth-order valence-electron chi connectivity index (χ4n) is 4.15. The average Bonchev–Trinajstić information content (AvgIpc) is 2.68. The number of hydrogen-bond donors (Lipinski definition) is 3. The first kappa shape index (κ1) is 20.7. The molecule has 0 aliphatic carbocycles. The molecule has 152 valence electrons. The molecule has 1 aliphatic heterocycles. The summed E-state index contributed by atoms with van der Waals surface area (Å²) in [5, 5.41) is 7.21. The first-order valence-electron chi connectivity index (χ1n) is 10.6. The van der Waals surface area contributed by atoms with Crippen LogP contribution in [-0.4, -0.2) is 18.7 Å². The predicted octanol–water partition coefficient (Wildman–Crippen LogP) is 5.03. The Morgan fingerprint density at radius 1 is 1.07 bits per heavy atom. The molecule has 0 radical (unpaired) electrons. The smallest absolute Gasteiger partial charge is 0.124 e. The highest BCUT2D eigenvalue weighted by Gasteiger charge is 2.33. The molecule has 1 fully saturated rings. The zero-order valence-electron chi connectivity index (χ0n) is 17.6. The van der Waals surface area contributed by atoms with Crippen molar-refractivity contribution in [2.75, 3.05) is 11.9 Å². The average molecular weight is 382 g/mol. The molecule has 2 aromatic rings. The number of hydrogen-bond acceptors (Lipinski definition) is 4. The van der Waals surface area contributed by atoms with Gasteiger partial charge in [0, 0.05) is 29.4 Å². The molecule has 4 nitrogen and oxygen atoms in total. The van der Waals surface area contributed by atoms with E-state index in [1.807, 2.05) is 0 Å². The van der Waals surface area contributed by atoms with Crippen molar-refractivity contribution in [3.8, 4) is 5.75 Å². The third-order valence-electron chi connectivity index (χ3n) is 5.31. The molecule has 1 unspecified atom stereocenters. The van der Waals surface area contributed by atoms with Crippen molar-refractivity contribution in [3.63, 3.8) is 0 Å². The highest BCUT2D eigenvalue weighted by Crippen LogP contribution is 2.41. The second kappa shape index (κ2) is 9.44. The van der Waals surface area contributed by atoms with Gasteiger partial charge in [-0.1, -0.05) is 30.3 Å². The van der Waals surface area contributed by atoms with Crippen LogP contribution in [-0.2, 0) is 0 Å². The number of piperidine rings is 1. The summed E-state index contributed by atoms with van der Waals surface area (Å²) in [6.07, 6.45) is 2.37. The van der Waals surface area contributed by atoms with Crippen LogP contribution in [0.25, 0.3) is 0 Å². The summed E-state index contributed by atoms with van der Waals surface area (Å²) in [4.78, 5) is 0. The standard InChI is InChI=1S/C24H35N3O/c1-16(2)27-19-12-13-22(28-17(3)4)21(15-19)23(25)20-11-8-14-26-24(20)18-9-6-5-7-10-18/h5-7,9-10,12-13,15-17,20,23-24,26-27H,8,11,14,25H2,1-4H3/t20-,23?,24+/m0/s1. The van der Waals surface area contributed by atoms with Crippen LogP contribution in [0.2, 0.25) is 0 Å². The van der Waals surface area contributed by atoms with E-state index in [-0.39, 0.29) is 18.2 Å². The van der Waals surface area contributed by atoms with Crippen molar-refractivity contribution in [1.82, 2.24) is 5.32 Å². The first-order chi connectivity index (χ1) is 13.5. The number of anilines is 1. The molecular weight excluding hydrogens is 346 g/mol. The van der Waals surface area contributed by atoms with Crippen LogP contribution >= 0.6 is 0 Å². The van der Waals surface area contributed by atoms with E-state index in [9.17, 15) is 0 Å². The maximum Gasteiger partial charge on any atom is 0.124 e. The molecule has 0 bridgehead atoms. The number of ether oxygens (including phenoxy) is 1. The van der Waals surface area contributed by atoms with Gasteiger partial charge in [0.05, 0.1) is 6.10 Å². The highest BCUT2D eigenvalue weighted by atomic mass is 16.5. The molecule has 4 N–H and O–H groups in total. The van der Waals surface area contributed by atoms with Gasteiger partial charge < -0.3 is 21.1 Å². The van der Waals surface area contributed by atoms with E-state index in [1.165, 1.54) is 5.56 Å². The SMILES string of the molecule is CC(C)Nc1ccc(OC(C)C)c(C(N)[C@@H]2CCCN[C@@H]2c2ccccc2)c1. The van der Waals surface area contributed by atoms with E-state index in [2.05, 4.69) is 86.9 Å². The summed E-state index contributed by atoms with van der Waals surface area (Å²) in [6.45, 7) is 9.45. The highest BCUT2D eigenvalue weighted by molar-refractivity contribution is 5.53. The Bertz CT molecular complexity index is 745. The van der Waals surface area contributed by atoms with Gasteiger partial charge in [-0.05, 0) is 76.8 Å². The molecule has 28 heavy (non-hydrogen) atoms.